The maximum Gasteiger partial charge on any atom is 0.330 e. The van der Waals surface area contributed by atoms with Crippen molar-refractivity contribution in [1.29, 1.82) is 0 Å². The summed E-state index contributed by atoms with van der Waals surface area (Å²) in [5.74, 6) is 0.697. The van der Waals surface area contributed by atoms with Crippen LogP contribution in [0.2, 0.25) is 0 Å². The van der Waals surface area contributed by atoms with Crippen LogP contribution in [-0.4, -0.2) is 65.8 Å². The molecule has 0 saturated carbocycles. The van der Waals surface area contributed by atoms with Gasteiger partial charge in [-0.15, -0.1) is 4.37 Å². The molecule has 0 bridgehead atoms. The predicted octanol–water partition coefficient (Wildman–Crippen LogP) is 1.24. The first-order chi connectivity index (χ1) is 11.9. The Balaban J connectivity index is 1.95. The highest BCUT2D eigenvalue weighted by Gasteiger charge is 2.22. The van der Waals surface area contributed by atoms with E-state index in [9.17, 15) is 4.79 Å². The number of hydrogen-bond donors (Lipinski definition) is 1. The minimum absolute atomic E-state index is 0.0972. The fraction of sp³-hybridized carbons (Fsp3) is 0.688. The molecular formula is C16H26N4O4S. The van der Waals surface area contributed by atoms with Crippen molar-refractivity contribution >= 4 is 23.5 Å². The molecule has 1 aliphatic heterocycles. The van der Waals surface area contributed by atoms with Gasteiger partial charge in [0.25, 0.3) is 5.88 Å². The number of ether oxygens (including phenoxy) is 3. The van der Waals surface area contributed by atoms with Crippen LogP contribution in [0.25, 0.3) is 0 Å². The Morgan fingerprint density at radius 1 is 1.44 bits per heavy atom. The number of rotatable bonds is 8. The van der Waals surface area contributed by atoms with Gasteiger partial charge in [-0.05, 0) is 20.8 Å². The molecule has 1 saturated heterocycles. The van der Waals surface area contributed by atoms with Crippen LogP contribution in [0.3, 0.4) is 0 Å². The van der Waals surface area contributed by atoms with Gasteiger partial charge in [-0.3, -0.25) is 0 Å². The third-order valence-corrected chi connectivity index (χ3v) is 3.97. The van der Waals surface area contributed by atoms with E-state index in [-0.39, 0.29) is 12.1 Å². The quantitative estimate of drug-likeness (QED) is 0.540. The van der Waals surface area contributed by atoms with E-state index in [1.165, 1.54) is 0 Å². The highest BCUT2D eigenvalue weighted by molar-refractivity contribution is 6.99. The summed E-state index contributed by atoms with van der Waals surface area (Å²) in [7, 11) is 0. The molecule has 1 atom stereocenters. The average Bonchev–Trinajstić information content (AvgIpc) is 3.05. The fourth-order valence-electron chi connectivity index (χ4n) is 2.17. The van der Waals surface area contributed by atoms with Crippen LogP contribution in [0.1, 0.15) is 20.8 Å². The van der Waals surface area contributed by atoms with Gasteiger partial charge in [0.2, 0.25) is 5.82 Å². The molecule has 1 aromatic heterocycles. The van der Waals surface area contributed by atoms with Crippen LogP contribution in [0.5, 0.6) is 5.88 Å². The molecule has 1 fully saturated rings. The second kappa shape index (κ2) is 9.12. The fourth-order valence-corrected chi connectivity index (χ4v) is 2.69. The van der Waals surface area contributed by atoms with Crippen LogP contribution in [0.4, 0.5) is 5.82 Å². The van der Waals surface area contributed by atoms with Crippen molar-refractivity contribution in [3.63, 3.8) is 0 Å². The summed E-state index contributed by atoms with van der Waals surface area (Å²) in [6, 6.07) is 0. The maximum atomic E-state index is 11.6. The summed E-state index contributed by atoms with van der Waals surface area (Å²) in [5, 5.41) is 3.31. The first-order valence-corrected chi connectivity index (χ1v) is 8.98. The number of nitrogens with one attached hydrogen (secondary N) is 1. The molecule has 140 valence electrons. The van der Waals surface area contributed by atoms with Crippen LogP contribution in [0, 0.1) is 0 Å². The molecule has 0 unspecified atom stereocenters. The lowest BCUT2D eigenvalue weighted by molar-refractivity contribution is -0.144. The van der Waals surface area contributed by atoms with Gasteiger partial charge < -0.3 is 24.4 Å². The summed E-state index contributed by atoms with van der Waals surface area (Å²) in [5.41, 5.74) is -0.0972. The number of nitrogens with zero attached hydrogens (tertiary/aromatic N) is 3. The summed E-state index contributed by atoms with van der Waals surface area (Å²) in [4.78, 5) is 13.6. The molecule has 0 aromatic carbocycles. The summed E-state index contributed by atoms with van der Waals surface area (Å²) in [6.07, 6.45) is 0.692. The molecular weight excluding hydrogens is 344 g/mol. The molecule has 25 heavy (non-hydrogen) atoms. The normalized spacial score (nSPS) is 16.4. The summed E-state index contributed by atoms with van der Waals surface area (Å²) in [6.45, 7) is 13.0. The number of carbonyl (C=O) groups is 1. The molecule has 2 rings (SSSR count). The summed E-state index contributed by atoms with van der Waals surface area (Å²) >= 11 is 1.10. The van der Waals surface area contributed by atoms with Crippen molar-refractivity contribution in [1.82, 2.24) is 14.1 Å². The van der Waals surface area contributed by atoms with E-state index in [1.54, 1.807) is 0 Å². The second-order valence-corrected chi connectivity index (χ2v) is 7.23. The highest BCUT2D eigenvalue weighted by Crippen LogP contribution is 2.26. The topological polar surface area (TPSA) is 85.8 Å². The lowest BCUT2D eigenvalue weighted by atomic mass is 10.1. The molecule has 9 heteroatoms. The van der Waals surface area contributed by atoms with Gasteiger partial charge in [-0.1, -0.05) is 6.58 Å². The van der Waals surface area contributed by atoms with Gasteiger partial charge in [0, 0.05) is 31.2 Å². The predicted molar refractivity (Wildman–Crippen MR) is 96.3 cm³/mol. The molecule has 0 radical (unpaired) electrons. The van der Waals surface area contributed by atoms with Crippen LogP contribution in [0.15, 0.2) is 12.7 Å². The zero-order valence-corrected chi connectivity index (χ0v) is 15.8. The first-order valence-electron chi connectivity index (χ1n) is 8.25. The van der Waals surface area contributed by atoms with E-state index in [2.05, 4.69) is 25.5 Å². The third-order valence-electron chi connectivity index (χ3n) is 3.47. The Hall–Kier alpha value is -1.71. The van der Waals surface area contributed by atoms with Crippen molar-refractivity contribution in [3.8, 4) is 5.88 Å². The van der Waals surface area contributed by atoms with Gasteiger partial charge in [0.15, 0.2) is 0 Å². The minimum atomic E-state index is -0.478. The van der Waals surface area contributed by atoms with Gasteiger partial charge in [0.05, 0.1) is 24.9 Å². The SMILES string of the molecule is C=CC(=O)O[C@@H](CNC(C)(C)C)COc1nsnc1N1CCOCC1. The number of carbonyl (C=O) groups excluding carboxylic acids is 1. The maximum absolute atomic E-state index is 11.6. The molecule has 2 heterocycles. The first kappa shape index (κ1) is 19.6. The molecule has 0 aliphatic carbocycles. The van der Waals surface area contributed by atoms with Gasteiger partial charge >= 0.3 is 5.97 Å². The van der Waals surface area contributed by atoms with Crippen LogP contribution in [-0.2, 0) is 14.3 Å². The third kappa shape index (κ3) is 6.60. The van der Waals surface area contributed by atoms with Crippen molar-refractivity contribution in [3.05, 3.63) is 12.7 Å². The average molecular weight is 370 g/mol. The standard InChI is InChI=1S/C16H26N4O4S/c1-5-13(21)24-12(10-17-16(2,3)4)11-23-15-14(18-25-19-15)20-6-8-22-9-7-20/h5,12,17H,1,6-11H2,2-4H3/t12-/m0/s1. The summed E-state index contributed by atoms with van der Waals surface area (Å²) < 4.78 is 25.0. The van der Waals surface area contributed by atoms with E-state index in [4.69, 9.17) is 14.2 Å². The zero-order valence-electron chi connectivity index (χ0n) is 15.0. The number of anilines is 1. The van der Waals surface area contributed by atoms with Crippen molar-refractivity contribution < 1.29 is 19.0 Å². The second-order valence-electron chi connectivity index (χ2n) is 6.70. The van der Waals surface area contributed by atoms with E-state index in [0.717, 1.165) is 30.9 Å². The molecule has 8 nitrogen and oxygen atoms in total. The Kier molecular flexibility index (Phi) is 7.15. The van der Waals surface area contributed by atoms with Crippen molar-refractivity contribution in [2.24, 2.45) is 0 Å². The zero-order chi connectivity index (χ0) is 18.3. The molecule has 1 N–H and O–H groups in total. The van der Waals surface area contributed by atoms with E-state index >= 15 is 0 Å². The molecule has 0 spiro atoms. The van der Waals surface area contributed by atoms with Gasteiger partial charge in [0.1, 0.15) is 12.7 Å². The lowest BCUT2D eigenvalue weighted by Gasteiger charge is -2.27. The van der Waals surface area contributed by atoms with Gasteiger partial charge in [-0.25, -0.2) is 4.79 Å². The highest BCUT2D eigenvalue weighted by atomic mass is 32.1. The smallest absolute Gasteiger partial charge is 0.330 e. The molecule has 1 aliphatic rings. The Morgan fingerprint density at radius 2 is 2.16 bits per heavy atom. The van der Waals surface area contributed by atoms with E-state index < -0.39 is 12.1 Å². The van der Waals surface area contributed by atoms with Crippen molar-refractivity contribution in [2.45, 2.75) is 32.4 Å². The Labute approximate surface area is 152 Å². The number of hydrogen-bond acceptors (Lipinski definition) is 9. The Morgan fingerprint density at radius 3 is 2.80 bits per heavy atom. The van der Waals surface area contributed by atoms with Crippen LogP contribution >= 0.6 is 11.7 Å². The molecule has 1 aromatic rings. The van der Waals surface area contributed by atoms with Crippen molar-refractivity contribution in [2.75, 3.05) is 44.4 Å². The lowest BCUT2D eigenvalue weighted by Crippen LogP contribution is -2.44. The van der Waals surface area contributed by atoms with E-state index in [1.807, 2.05) is 20.8 Å². The van der Waals surface area contributed by atoms with E-state index in [0.29, 0.717) is 31.5 Å². The van der Waals surface area contributed by atoms with Gasteiger partial charge in [-0.2, -0.15) is 4.37 Å². The Bertz CT molecular complexity index is 567. The largest absolute Gasteiger partial charge is 0.470 e. The number of esters is 1. The molecule has 0 amide bonds. The monoisotopic (exact) mass is 370 g/mol. The number of morpholine rings is 1. The minimum Gasteiger partial charge on any atom is -0.470 e. The van der Waals surface area contributed by atoms with Crippen LogP contribution < -0.4 is 15.0 Å². The number of aromatic nitrogens is 2.